The number of hydrogen-bond acceptors (Lipinski definition) is 6. The minimum Gasteiger partial charge on any atom is -0.274 e. The largest absolute Gasteiger partial charge is 0.279 e. The first-order valence-corrected chi connectivity index (χ1v) is 7.27. The lowest BCUT2D eigenvalue weighted by atomic mass is 10.1. The van der Waals surface area contributed by atoms with Crippen LogP contribution in [0.5, 0.6) is 0 Å². The number of non-ortho nitro benzene ring substituents is 1. The van der Waals surface area contributed by atoms with E-state index in [0.29, 0.717) is 16.9 Å². The highest BCUT2D eigenvalue weighted by Crippen LogP contribution is 2.26. The molecule has 0 N–H and O–H groups in total. The number of nitrogens with zero attached hydrogens (tertiary/aromatic N) is 4. The van der Waals surface area contributed by atoms with Crippen molar-refractivity contribution >= 4 is 28.3 Å². The Kier molecular flexibility index (Phi) is 3.97. The third kappa shape index (κ3) is 2.94. The van der Waals surface area contributed by atoms with Gasteiger partial charge >= 0.3 is 0 Å². The molecule has 0 fully saturated rings. The first kappa shape index (κ1) is 16.2. The monoisotopic (exact) mass is 340 g/mol. The van der Waals surface area contributed by atoms with Gasteiger partial charge in [-0.25, -0.2) is 4.98 Å². The van der Waals surface area contributed by atoms with Crippen LogP contribution in [-0.2, 0) is 6.42 Å². The molecule has 3 aromatic rings. The molecule has 9 heteroatoms. The molecule has 0 saturated carbocycles. The lowest BCUT2D eigenvalue weighted by Crippen LogP contribution is -2.16. The minimum atomic E-state index is -0.728. The molecular weight excluding hydrogens is 328 g/mol. The van der Waals surface area contributed by atoms with Crippen molar-refractivity contribution in [2.45, 2.75) is 13.3 Å². The molecule has 0 spiro atoms. The standard InChI is InChI=1S/C16H12N4O5/c1-10-17-13-4-2-3-5-14(13)18(10)16(21)8-11-6-7-12(19(22)23)9-15(11)20(24)25/h2-7,9H,8H2,1H3. The number of aryl methyl sites for hydroxylation is 1. The van der Waals surface area contributed by atoms with Crippen molar-refractivity contribution < 1.29 is 14.6 Å². The fourth-order valence-corrected chi connectivity index (χ4v) is 2.69. The van der Waals surface area contributed by atoms with Gasteiger partial charge in [0, 0.05) is 11.6 Å². The summed E-state index contributed by atoms with van der Waals surface area (Å²) in [5.41, 5.74) is 0.510. The lowest BCUT2D eigenvalue weighted by Gasteiger charge is -2.06. The van der Waals surface area contributed by atoms with Gasteiger partial charge < -0.3 is 0 Å². The van der Waals surface area contributed by atoms with Crippen LogP contribution in [0.25, 0.3) is 11.0 Å². The van der Waals surface area contributed by atoms with E-state index < -0.39 is 27.1 Å². The fraction of sp³-hybridized carbons (Fsp3) is 0.125. The number of fused-ring (bicyclic) bond motifs is 1. The van der Waals surface area contributed by atoms with Crippen molar-refractivity contribution in [1.82, 2.24) is 9.55 Å². The number of benzene rings is 2. The Morgan fingerprint density at radius 2 is 1.84 bits per heavy atom. The fourth-order valence-electron chi connectivity index (χ4n) is 2.69. The highest BCUT2D eigenvalue weighted by atomic mass is 16.6. The zero-order valence-electron chi connectivity index (χ0n) is 13.1. The number of aromatic nitrogens is 2. The molecule has 1 heterocycles. The van der Waals surface area contributed by atoms with E-state index in [4.69, 9.17) is 0 Å². The van der Waals surface area contributed by atoms with Crippen LogP contribution in [0.4, 0.5) is 11.4 Å². The van der Waals surface area contributed by atoms with Crippen molar-refractivity contribution in [3.8, 4) is 0 Å². The summed E-state index contributed by atoms with van der Waals surface area (Å²) in [7, 11) is 0. The van der Waals surface area contributed by atoms with Gasteiger partial charge in [0.2, 0.25) is 5.91 Å². The lowest BCUT2D eigenvalue weighted by molar-refractivity contribution is -0.394. The Morgan fingerprint density at radius 1 is 1.12 bits per heavy atom. The first-order valence-electron chi connectivity index (χ1n) is 7.27. The topological polar surface area (TPSA) is 121 Å². The van der Waals surface area contributed by atoms with Gasteiger partial charge in [-0.2, -0.15) is 0 Å². The Balaban J connectivity index is 2.02. The van der Waals surface area contributed by atoms with Crippen LogP contribution < -0.4 is 0 Å². The summed E-state index contributed by atoms with van der Waals surface area (Å²) in [6.45, 7) is 1.67. The summed E-state index contributed by atoms with van der Waals surface area (Å²) < 4.78 is 1.39. The second-order valence-electron chi connectivity index (χ2n) is 5.38. The van der Waals surface area contributed by atoms with Crippen LogP contribution in [0.1, 0.15) is 16.2 Å². The first-order chi connectivity index (χ1) is 11.9. The van der Waals surface area contributed by atoms with Crippen molar-refractivity contribution in [1.29, 1.82) is 0 Å². The molecule has 0 unspecified atom stereocenters. The molecule has 1 aromatic heterocycles. The number of nitro groups is 2. The number of hydrogen-bond donors (Lipinski definition) is 0. The molecule has 0 radical (unpaired) electrons. The normalized spacial score (nSPS) is 10.8. The Hall–Kier alpha value is -3.62. The second-order valence-corrected chi connectivity index (χ2v) is 5.38. The molecule has 0 aliphatic rings. The summed E-state index contributed by atoms with van der Waals surface area (Å²) in [6, 6.07) is 10.3. The molecular formula is C16H12N4O5. The van der Waals surface area contributed by atoms with Gasteiger partial charge in [0.1, 0.15) is 5.82 Å². The van der Waals surface area contributed by atoms with E-state index in [9.17, 15) is 25.0 Å². The maximum atomic E-state index is 12.7. The van der Waals surface area contributed by atoms with E-state index in [0.717, 1.165) is 12.1 Å². The average Bonchev–Trinajstić information content (AvgIpc) is 2.90. The van der Waals surface area contributed by atoms with Crippen LogP contribution in [-0.4, -0.2) is 25.3 Å². The third-order valence-electron chi connectivity index (χ3n) is 3.80. The van der Waals surface area contributed by atoms with Crippen LogP contribution in [0.3, 0.4) is 0 Å². The molecule has 0 aliphatic heterocycles. The van der Waals surface area contributed by atoms with Crippen LogP contribution >= 0.6 is 0 Å². The average molecular weight is 340 g/mol. The van der Waals surface area contributed by atoms with Gasteiger partial charge in [0.05, 0.1) is 33.4 Å². The minimum absolute atomic E-state index is 0.109. The summed E-state index contributed by atoms with van der Waals surface area (Å²) >= 11 is 0. The van der Waals surface area contributed by atoms with Crippen LogP contribution in [0, 0.1) is 27.2 Å². The van der Waals surface area contributed by atoms with E-state index >= 15 is 0 Å². The smallest absolute Gasteiger partial charge is 0.274 e. The molecule has 9 nitrogen and oxygen atoms in total. The van der Waals surface area contributed by atoms with Crippen LogP contribution in [0.15, 0.2) is 42.5 Å². The highest BCUT2D eigenvalue weighted by Gasteiger charge is 2.23. The molecule has 0 saturated heterocycles. The van der Waals surface area contributed by atoms with Crippen LogP contribution in [0.2, 0.25) is 0 Å². The molecule has 0 aliphatic carbocycles. The Bertz CT molecular complexity index is 1020. The maximum Gasteiger partial charge on any atom is 0.279 e. The quantitative estimate of drug-likeness (QED) is 0.531. The van der Waals surface area contributed by atoms with Gasteiger partial charge in [-0.1, -0.05) is 12.1 Å². The molecule has 3 rings (SSSR count). The molecule has 0 amide bonds. The van der Waals surface area contributed by atoms with E-state index in [1.165, 1.54) is 10.6 Å². The molecule has 0 bridgehead atoms. The summed E-state index contributed by atoms with van der Waals surface area (Å²) in [4.78, 5) is 37.5. The van der Waals surface area contributed by atoms with E-state index in [2.05, 4.69) is 4.98 Å². The summed E-state index contributed by atoms with van der Waals surface area (Å²) in [5, 5.41) is 22.0. The van der Waals surface area contributed by atoms with Crippen molar-refractivity contribution in [3.05, 3.63) is 74.1 Å². The molecule has 126 valence electrons. The SMILES string of the molecule is Cc1nc2ccccc2n1C(=O)Cc1ccc([N+](=O)[O-])cc1[N+](=O)[O-]. The van der Waals surface area contributed by atoms with Crippen molar-refractivity contribution in [3.63, 3.8) is 0 Å². The summed E-state index contributed by atoms with van der Waals surface area (Å²) in [5.74, 6) is 0.0684. The molecule has 2 aromatic carbocycles. The van der Waals surface area contributed by atoms with Gasteiger partial charge in [0.25, 0.3) is 11.4 Å². The van der Waals surface area contributed by atoms with Gasteiger partial charge in [-0.3, -0.25) is 29.6 Å². The Morgan fingerprint density at radius 3 is 2.52 bits per heavy atom. The van der Waals surface area contributed by atoms with E-state index in [1.807, 2.05) is 0 Å². The van der Waals surface area contributed by atoms with Gasteiger partial charge in [0.15, 0.2) is 0 Å². The number of para-hydroxylation sites is 2. The maximum absolute atomic E-state index is 12.7. The zero-order chi connectivity index (χ0) is 18.1. The number of nitro benzene ring substituents is 2. The third-order valence-corrected chi connectivity index (χ3v) is 3.80. The highest BCUT2D eigenvalue weighted by molar-refractivity contribution is 5.92. The van der Waals surface area contributed by atoms with E-state index in [-0.39, 0.29) is 12.0 Å². The van der Waals surface area contributed by atoms with Crippen molar-refractivity contribution in [2.24, 2.45) is 0 Å². The summed E-state index contributed by atoms with van der Waals surface area (Å²) in [6.07, 6.45) is -0.268. The van der Waals surface area contributed by atoms with Crippen molar-refractivity contribution in [2.75, 3.05) is 0 Å². The predicted molar refractivity (Wildman–Crippen MR) is 88.6 cm³/mol. The Labute approximate surface area is 140 Å². The second kappa shape index (κ2) is 6.11. The molecule has 25 heavy (non-hydrogen) atoms. The van der Waals surface area contributed by atoms with E-state index in [1.54, 1.807) is 31.2 Å². The molecule has 0 atom stereocenters. The number of rotatable bonds is 4. The zero-order valence-corrected chi connectivity index (χ0v) is 13.1. The number of carbonyl (C=O) groups excluding carboxylic acids is 1. The van der Waals surface area contributed by atoms with Gasteiger partial charge in [-0.05, 0) is 25.1 Å². The number of carbonyl (C=O) groups is 1. The number of imidazole rings is 1. The van der Waals surface area contributed by atoms with Gasteiger partial charge in [-0.15, -0.1) is 0 Å². The predicted octanol–water partition coefficient (Wildman–Crippen LogP) is 3.04.